The van der Waals surface area contributed by atoms with Crippen LogP contribution in [0, 0.1) is 5.92 Å². The number of sulfonamides is 1. The van der Waals surface area contributed by atoms with Gasteiger partial charge in [0.2, 0.25) is 10.9 Å². The van der Waals surface area contributed by atoms with Crippen molar-refractivity contribution in [3.63, 3.8) is 0 Å². The third-order valence-corrected chi connectivity index (χ3v) is 4.43. The molecule has 1 heterocycles. The lowest BCUT2D eigenvalue weighted by Gasteiger charge is -2.30. The Hall–Kier alpha value is -1.09. The molecule has 1 aromatic heterocycles. The van der Waals surface area contributed by atoms with Crippen molar-refractivity contribution >= 4 is 28.4 Å². The van der Waals surface area contributed by atoms with E-state index >= 15 is 0 Å². The van der Waals surface area contributed by atoms with Crippen LogP contribution in [0.5, 0.6) is 0 Å². The molecule has 0 saturated carbocycles. The van der Waals surface area contributed by atoms with E-state index < -0.39 is 21.5 Å². The van der Waals surface area contributed by atoms with Crippen LogP contribution >= 0.6 is 12.4 Å². The second-order valence-electron chi connectivity index (χ2n) is 5.58. The number of hydrogen-bond donors (Lipinski definition) is 2. The second kappa shape index (κ2) is 7.96. The highest BCUT2D eigenvalue weighted by Gasteiger charge is 2.32. The van der Waals surface area contributed by atoms with Gasteiger partial charge in [0.1, 0.15) is 0 Å². The predicted octanol–water partition coefficient (Wildman–Crippen LogP) is 1.53. The van der Waals surface area contributed by atoms with Gasteiger partial charge < -0.3 is 14.9 Å². The molecule has 0 fully saturated rings. The minimum Gasteiger partial charge on any atom is -0.463 e. The van der Waals surface area contributed by atoms with E-state index in [2.05, 4.69) is 9.46 Å². The molecule has 0 bridgehead atoms. The van der Waals surface area contributed by atoms with Crippen LogP contribution in [0.1, 0.15) is 37.7 Å². The Balaban J connectivity index is 0.00000441. The van der Waals surface area contributed by atoms with E-state index in [1.165, 1.54) is 19.2 Å². The molecule has 7 nitrogen and oxygen atoms in total. The normalized spacial score (nSPS) is 14.3. The van der Waals surface area contributed by atoms with E-state index in [0.717, 1.165) is 0 Å². The largest absolute Gasteiger partial charge is 0.463 e. The van der Waals surface area contributed by atoms with Crippen LogP contribution in [0.25, 0.3) is 0 Å². The number of furan rings is 1. The van der Waals surface area contributed by atoms with Crippen LogP contribution in [0.15, 0.2) is 21.6 Å². The Kier molecular flexibility index (Phi) is 7.56. The van der Waals surface area contributed by atoms with Crippen molar-refractivity contribution in [1.82, 2.24) is 4.72 Å². The number of rotatable bonds is 7. The molecule has 0 saturated heterocycles. The minimum absolute atomic E-state index is 0. The summed E-state index contributed by atoms with van der Waals surface area (Å²) in [6, 6.07) is 2.46. The van der Waals surface area contributed by atoms with Crippen LogP contribution in [0.4, 0.5) is 0 Å². The molecule has 0 aromatic carbocycles. The molecule has 1 atom stereocenters. The molecule has 0 spiro atoms. The van der Waals surface area contributed by atoms with Gasteiger partial charge in [-0.25, -0.2) is 17.9 Å². The minimum atomic E-state index is -3.90. The summed E-state index contributed by atoms with van der Waals surface area (Å²) >= 11 is 0. The Bertz CT molecular complexity index is 599. The summed E-state index contributed by atoms with van der Waals surface area (Å²) < 4.78 is 36.6. The topological polar surface area (TPSA) is 112 Å². The number of halogens is 1. The van der Waals surface area contributed by atoms with Gasteiger partial charge in [0.15, 0.2) is 0 Å². The summed E-state index contributed by atoms with van der Waals surface area (Å²) in [4.78, 5) is 11.3. The Labute approximate surface area is 137 Å². The molecule has 1 aromatic rings. The molecule has 0 aliphatic heterocycles. The third-order valence-electron chi connectivity index (χ3n) is 2.92. The fourth-order valence-electron chi connectivity index (χ4n) is 2.12. The average Bonchev–Trinajstić information content (AvgIpc) is 2.86. The number of methoxy groups -OCH3 is 1. The first-order valence-corrected chi connectivity index (χ1v) is 8.04. The van der Waals surface area contributed by atoms with Crippen molar-refractivity contribution in [2.75, 3.05) is 13.7 Å². The number of hydrogen-bond acceptors (Lipinski definition) is 6. The van der Waals surface area contributed by atoms with Gasteiger partial charge in [0, 0.05) is 12.1 Å². The van der Waals surface area contributed by atoms with Gasteiger partial charge >= 0.3 is 5.97 Å². The molecular formula is C13H23ClN2O5S. The number of carbonyl (C=O) groups is 1. The van der Waals surface area contributed by atoms with E-state index in [1.54, 1.807) is 6.92 Å². The molecule has 1 unspecified atom stereocenters. The summed E-state index contributed by atoms with van der Waals surface area (Å²) in [5, 5.41) is -0.341. The first-order chi connectivity index (χ1) is 9.63. The summed E-state index contributed by atoms with van der Waals surface area (Å²) in [7, 11) is -2.72. The number of esters is 1. The Morgan fingerprint density at radius 3 is 2.50 bits per heavy atom. The molecule has 0 radical (unpaired) electrons. The maximum Gasteiger partial charge on any atom is 0.374 e. The van der Waals surface area contributed by atoms with E-state index in [1.807, 2.05) is 13.8 Å². The number of nitrogens with one attached hydrogen (secondary N) is 1. The van der Waals surface area contributed by atoms with Crippen LogP contribution in [-0.4, -0.2) is 33.6 Å². The van der Waals surface area contributed by atoms with Gasteiger partial charge in [-0.1, -0.05) is 13.8 Å². The quantitative estimate of drug-likeness (QED) is 0.718. The van der Waals surface area contributed by atoms with E-state index in [-0.39, 0.29) is 35.7 Å². The number of carbonyl (C=O) groups excluding carboxylic acids is 1. The second-order valence-corrected chi connectivity index (χ2v) is 7.19. The molecule has 22 heavy (non-hydrogen) atoms. The van der Waals surface area contributed by atoms with Gasteiger partial charge in [0.05, 0.1) is 7.11 Å². The highest BCUT2D eigenvalue weighted by Crippen LogP contribution is 2.21. The zero-order valence-electron chi connectivity index (χ0n) is 13.1. The van der Waals surface area contributed by atoms with Crippen molar-refractivity contribution in [3.05, 3.63) is 17.9 Å². The monoisotopic (exact) mass is 354 g/mol. The van der Waals surface area contributed by atoms with Crippen molar-refractivity contribution in [1.29, 1.82) is 0 Å². The molecule has 9 heteroatoms. The van der Waals surface area contributed by atoms with Crippen molar-refractivity contribution in [2.24, 2.45) is 11.7 Å². The van der Waals surface area contributed by atoms with E-state index in [9.17, 15) is 13.2 Å². The average molecular weight is 355 g/mol. The van der Waals surface area contributed by atoms with Gasteiger partial charge in [-0.05, 0) is 31.4 Å². The van der Waals surface area contributed by atoms with Crippen LogP contribution < -0.4 is 10.5 Å². The third kappa shape index (κ3) is 5.28. The summed E-state index contributed by atoms with van der Waals surface area (Å²) in [6.45, 7) is 5.83. The summed E-state index contributed by atoms with van der Waals surface area (Å²) in [5.41, 5.74) is 4.90. The van der Waals surface area contributed by atoms with Crippen LogP contribution in [-0.2, 0) is 14.8 Å². The van der Waals surface area contributed by atoms with Crippen molar-refractivity contribution in [2.45, 2.75) is 37.8 Å². The molecule has 0 aliphatic carbocycles. The van der Waals surface area contributed by atoms with Crippen molar-refractivity contribution in [3.8, 4) is 0 Å². The highest BCUT2D eigenvalue weighted by atomic mass is 35.5. The zero-order valence-corrected chi connectivity index (χ0v) is 14.7. The molecular weight excluding hydrogens is 332 g/mol. The lowest BCUT2D eigenvalue weighted by molar-refractivity contribution is 0.0559. The Morgan fingerprint density at radius 2 is 2.05 bits per heavy atom. The molecule has 1 rings (SSSR count). The van der Waals surface area contributed by atoms with Crippen LogP contribution in [0.2, 0.25) is 0 Å². The molecule has 3 N–H and O–H groups in total. The molecule has 0 aliphatic rings. The summed E-state index contributed by atoms with van der Waals surface area (Å²) in [6.07, 6.45) is 0.577. The fourth-order valence-corrected chi connectivity index (χ4v) is 3.48. The first-order valence-electron chi connectivity index (χ1n) is 6.56. The first kappa shape index (κ1) is 20.9. The number of ether oxygens (including phenoxy) is 1. The highest BCUT2D eigenvalue weighted by molar-refractivity contribution is 7.89. The smallest absolute Gasteiger partial charge is 0.374 e. The lowest BCUT2D eigenvalue weighted by Crippen LogP contribution is -2.51. The maximum absolute atomic E-state index is 12.3. The molecule has 128 valence electrons. The maximum atomic E-state index is 12.3. The van der Waals surface area contributed by atoms with Gasteiger partial charge in [-0.3, -0.25) is 0 Å². The van der Waals surface area contributed by atoms with Gasteiger partial charge in [-0.15, -0.1) is 12.4 Å². The summed E-state index contributed by atoms with van der Waals surface area (Å²) in [5.74, 6) is -0.639. The van der Waals surface area contributed by atoms with Gasteiger partial charge in [-0.2, -0.15) is 0 Å². The lowest BCUT2D eigenvalue weighted by atomic mass is 9.92. The Morgan fingerprint density at radius 1 is 1.45 bits per heavy atom. The molecule has 0 amide bonds. The van der Waals surface area contributed by atoms with E-state index in [4.69, 9.17) is 10.2 Å². The van der Waals surface area contributed by atoms with Crippen LogP contribution in [0.3, 0.4) is 0 Å². The van der Waals surface area contributed by atoms with Gasteiger partial charge in [0.25, 0.3) is 10.0 Å². The fraction of sp³-hybridized carbons (Fsp3) is 0.615. The number of nitrogens with two attached hydrogens (primary N) is 1. The standard InChI is InChI=1S/C13H22N2O5S.ClH/c1-9(2)7-13(3,8-14)15-21(17,18)11-6-5-10(20-11)12(16)19-4;/h5-6,9,15H,7-8,14H2,1-4H3;1H. The zero-order chi connectivity index (χ0) is 16.3. The van der Waals surface area contributed by atoms with Crippen molar-refractivity contribution < 1.29 is 22.4 Å². The predicted molar refractivity (Wildman–Crippen MR) is 84.5 cm³/mol. The SMILES string of the molecule is COC(=O)c1ccc(S(=O)(=O)NC(C)(CN)CC(C)C)o1.Cl. The van der Waals surface area contributed by atoms with E-state index in [0.29, 0.717) is 6.42 Å².